The van der Waals surface area contributed by atoms with Crippen LogP contribution >= 0.6 is 11.6 Å². The molecular formula is C17H20ClN3O3. The Labute approximate surface area is 145 Å². The number of hydrogen-bond acceptors (Lipinski definition) is 5. The molecule has 2 heterocycles. The van der Waals surface area contributed by atoms with E-state index >= 15 is 0 Å². The van der Waals surface area contributed by atoms with E-state index in [9.17, 15) is 9.90 Å². The molecule has 0 aliphatic carbocycles. The van der Waals surface area contributed by atoms with Gasteiger partial charge in [-0.2, -0.15) is 4.98 Å². The number of carbonyl (C=O) groups is 1. The second-order valence-electron chi connectivity index (χ2n) is 6.06. The van der Waals surface area contributed by atoms with E-state index in [1.807, 2.05) is 24.0 Å². The number of carboxylic acids is 1. The van der Waals surface area contributed by atoms with Crippen molar-refractivity contribution < 1.29 is 14.4 Å². The number of piperidine rings is 1. The molecule has 6 nitrogen and oxygen atoms in total. The molecule has 0 radical (unpaired) electrons. The lowest BCUT2D eigenvalue weighted by molar-refractivity contribution is -0.144. The van der Waals surface area contributed by atoms with E-state index < -0.39 is 12.0 Å². The van der Waals surface area contributed by atoms with E-state index in [0.29, 0.717) is 29.7 Å². The molecule has 7 heteroatoms. The molecule has 0 bridgehead atoms. The number of benzene rings is 1. The number of aromatic nitrogens is 2. The highest BCUT2D eigenvalue weighted by Gasteiger charge is 2.32. The highest BCUT2D eigenvalue weighted by atomic mass is 35.5. The van der Waals surface area contributed by atoms with Crippen LogP contribution in [0.5, 0.6) is 0 Å². The summed E-state index contributed by atoms with van der Waals surface area (Å²) in [5, 5.41) is 14.1. The minimum Gasteiger partial charge on any atom is -0.480 e. The van der Waals surface area contributed by atoms with Gasteiger partial charge >= 0.3 is 5.97 Å². The summed E-state index contributed by atoms with van der Waals surface area (Å²) in [5.41, 5.74) is 0.846. The van der Waals surface area contributed by atoms with E-state index in [4.69, 9.17) is 16.1 Å². The number of likely N-dealkylation sites (tertiary alicyclic amines) is 1. The summed E-state index contributed by atoms with van der Waals surface area (Å²) in [6, 6.07) is 6.82. The zero-order valence-corrected chi connectivity index (χ0v) is 14.2. The quantitative estimate of drug-likeness (QED) is 0.890. The molecule has 0 saturated carbocycles. The molecule has 1 aromatic carbocycles. The maximum Gasteiger partial charge on any atom is 0.320 e. The fourth-order valence-corrected chi connectivity index (χ4v) is 3.32. The zero-order chi connectivity index (χ0) is 17.1. The average molecular weight is 350 g/mol. The summed E-state index contributed by atoms with van der Waals surface area (Å²) in [7, 11) is 0. The lowest BCUT2D eigenvalue weighted by Gasteiger charge is -2.34. The van der Waals surface area contributed by atoms with Crippen molar-refractivity contribution in [3.63, 3.8) is 0 Å². The van der Waals surface area contributed by atoms with Gasteiger partial charge in [0.05, 0.1) is 5.92 Å². The van der Waals surface area contributed by atoms with E-state index in [0.717, 1.165) is 24.9 Å². The lowest BCUT2D eigenvalue weighted by Crippen LogP contribution is -2.45. The first kappa shape index (κ1) is 16.9. The highest BCUT2D eigenvalue weighted by Crippen LogP contribution is 2.29. The van der Waals surface area contributed by atoms with Crippen LogP contribution in [0.2, 0.25) is 5.02 Å². The van der Waals surface area contributed by atoms with Crippen molar-refractivity contribution in [2.24, 2.45) is 0 Å². The van der Waals surface area contributed by atoms with Crippen molar-refractivity contribution in [3.8, 4) is 11.4 Å². The van der Waals surface area contributed by atoms with Gasteiger partial charge < -0.3 is 9.63 Å². The molecule has 1 aliphatic heterocycles. The summed E-state index contributed by atoms with van der Waals surface area (Å²) in [5.74, 6) is 0.403. The summed E-state index contributed by atoms with van der Waals surface area (Å²) in [4.78, 5) is 17.9. The zero-order valence-electron chi connectivity index (χ0n) is 13.5. The number of halogens is 1. The van der Waals surface area contributed by atoms with E-state index in [1.54, 1.807) is 12.1 Å². The predicted molar refractivity (Wildman–Crippen MR) is 90.0 cm³/mol. The highest BCUT2D eigenvalue weighted by molar-refractivity contribution is 6.30. The minimum absolute atomic E-state index is 0.0701. The molecule has 1 N–H and O–H groups in total. The molecule has 3 rings (SSSR count). The molecule has 0 spiro atoms. The van der Waals surface area contributed by atoms with E-state index in [-0.39, 0.29) is 5.92 Å². The summed E-state index contributed by atoms with van der Waals surface area (Å²) in [6.07, 6.45) is 2.43. The molecule has 1 saturated heterocycles. The molecule has 0 amide bonds. The maximum atomic E-state index is 11.4. The van der Waals surface area contributed by atoms with Crippen LogP contribution in [0.3, 0.4) is 0 Å². The molecule has 2 atom stereocenters. The van der Waals surface area contributed by atoms with E-state index in [2.05, 4.69) is 10.1 Å². The van der Waals surface area contributed by atoms with Gasteiger partial charge in [-0.15, -0.1) is 0 Å². The molecule has 2 unspecified atom stereocenters. The Balaban J connectivity index is 1.75. The Bertz CT molecular complexity index is 701. The second kappa shape index (κ2) is 7.32. The maximum absolute atomic E-state index is 11.4. The summed E-state index contributed by atoms with van der Waals surface area (Å²) < 4.78 is 5.44. The van der Waals surface area contributed by atoms with Crippen molar-refractivity contribution >= 4 is 17.6 Å². The number of hydrogen-bond donors (Lipinski definition) is 1. The van der Waals surface area contributed by atoms with Gasteiger partial charge in [0.25, 0.3) is 0 Å². The van der Waals surface area contributed by atoms with Crippen molar-refractivity contribution in [2.75, 3.05) is 13.1 Å². The first-order valence-corrected chi connectivity index (χ1v) is 8.52. The summed E-state index contributed by atoms with van der Waals surface area (Å²) in [6.45, 7) is 3.32. The van der Waals surface area contributed by atoms with Crippen molar-refractivity contribution in [3.05, 3.63) is 35.2 Å². The Morgan fingerprint density at radius 3 is 2.88 bits per heavy atom. The minimum atomic E-state index is -0.773. The molecule has 1 fully saturated rings. The van der Waals surface area contributed by atoms with Crippen LogP contribution in [0.15, 0.2) is 28.8 Å². The van der Waals surface area contributed by atoms with Crippen LogP contribution in [0, 0.1) is 0 Å². The molecule has 24 heavy (non-hydrogen) atoms. The van der Waals surface area contributed by atoms with Crippen LogP contribution in [-0.2, 0) is 4.79 Å². The van der Waals surface area contributed by atoms with Gasteiger partial charge in [-0.3, -0.25) is 9.69 Å². The van der Waals surface area contributed by atoms with E-state index in [1.165, 1.54) is 0 Å². The lowest BCUT2D eigenvalue weighted by atomic mass is 9.96. The van der Waals surface area contributed by atoms with Crippen LogP contribution < -0.4 is 0 Å². The topological polar surface area (TPSA) is 79.5 Å². The number of aliphatic carboxylic acids is 1. The summed E-state index contributed by atoms with van der Waals surface area (Å²) >= 11 is 5.89. The van der Waals surface area contributed by atoms with Gasteiger partial charge in [0, 0.05) is 17.1 Å². The Morgan fingerprint density at radius 2 is 2.21 bits per heavy atom. The average Bonchev–Trinajstić information content (AvgIpc) is 3.06. The van der Waals surface area contributed by atoms with Gasteiger partial charge in [0.2, 0.25) is 11.7 Å². The Morgan fingerprint density at radius 1 is 1.46 bits per heavy atom. The monoisotopic (exact) mass is 349 g/mol. The van der Waals surface area contributed by atoms with Gasteiger partial charge in [-0.25, -0.2) is 0 Å². The van der Waals surface area contributed by atoms with Gasteiger partial charge in [-0.05, 0) is 50.1 Å². The Kier molecular flexibility index (Phi) is 5.16. The Hall–Kier alpha value is -1.92. The van der Waals surface area contributed by atoms with Crippen LogP contribution in [0.25, 0.3) is 11.4 Å². The smallest absolute Gasteiger partial charge is 0.320 e. The molecule has 128 valence electrons. The van der Waals surface area contributed by atoms with Gasteiger partial charge in [0.1, 0.15) is 6.04 Å². The first-order chi connectivity index (χ1) is 11.6. The number of carboxylic acid groups (broad SMARTS) is 1. The molecular weight excluding hydrogens is 330 g/mol. The van der Waals surface area contributed by atoms with Gasteiger partial charge in [0.15, 0.2) is 0 Å². The van der Waals surface area contributed by atoms with Crippen LogP contribution in [0.4, 0.5) is 0 Å². The van der Waals surface area contributed by atoms with Crippen LogP contribution in [-0.4, -0.2) is 45.2 Å². The first-order valence-electron chi connectivity index (χ1n) is 8.15. The van der Waals surface area contributed by atoms with Crippen molar-refractivity contribution in [1.29, 1.82) is 0 Å². The third-order valence-corrected chi connectivity index (χ3v) is 4.71. The third-order valence-electron chi connectivity index (χ3n) is 4.46. The fourth-order valence-electron chi connectivity index (χ4n) is 3.20. The normalized spacial score (nSPS) is 20.0. The largest absolute Gasteiger partial charge is 0.480 e. The third kappa shape index (κ3) is 3.60. The SMILES string of the molecule is CCC(C(=O)O)N1CCCC(c2nc(-c3ccc(Cl)cc3)no2)C1. The molecule has 1 aromatic heterocycles. The fraction of sp³-hybridized carbons (Fsp3) is 0.471. The van der Waals surface area contributed by atoms with Crippen molar-refractivity contribution in [1.82, 2.24) is 15.0 Å². The van der Waals surface area contributed by atoms with Crippen molar-refractivity contribution in [2.45, 2.75) is 38.1 Å². The number of nitrogens with zero attached hydrogens (tertiary/aromatic N) is 3. The predicted octanol–water partition coefficient (Wildman–Crippen LogP) is 3.43. The molecule has 2 aromatic rings. The second-order valence-corrected chi connectivity index (χ2v) is 6.50. The van der Waals surface area contributed by atoms with Crippen LogP contribution in [0.1, 0.15) is 38.0 Å². The molecule has 1 aliphatic rings. The number of rotatable bonds is 5. The standard InChI is InChI=1S/C17H20ClN3O3/c1-2-14(17(22)23)21-9-3-4-12(10-21)16-19-15(20-24-16)11-5-7-13(18)8-6-11/h5-8,12,14H,2-4,9-10H2,1H3,(H,22,23). The van der Waals surface area contributed by atoms with Gasteiger partial charge in [-0.1, -0.05) is 23.7 Å².